The average Bonchev–Trinajstić information content (AvgIpc) is 3.51. The maximum atomic E-state index is 13.2. The molecule has 0 bridgehead atoms. The van der Waals surface area contributed by atoms with Crippen LogP contribution in [0.1, 0.15) is 16.1 Å². The van der Waals surface area contributed by atoms with Crippen molar-refractivity contribution in [1.82, 2.24) is 29.8 Å². The Morgan fingerprint density at radius 3 is 2.57 bits per heavy atom. The van der Waals surface area contributed by atoms with Crippen LogP contribution >= 0.6 is 11.3 Å². The normalized spacial score (nSPS) is 11.1. The number of thiophene rings is 1. The SMILES string of the molecule is Cc1nn(C)c2nc(-c3cccs3)cc(C(=O)Nc3ccc(-n4nccn4)cc3)c12. The number of amides is 1. The van der Waals surface area contributed by atoms with Gasteiger partial charge in [0.1, 0.15) is 0 Å². The molecule has 4 aromatic heterocycles. The molecule has 0 spiro atoms. The van der Waals surface area contributed by atoms with Gasteiger partial charge in [-0.25, -0.2) is 4.98 Å². The summed E-state index contributed by atoms with van der Waals surface area (Å²) in [7, 11) is 1.84. The Morgan fingerprint density at radius 2 is 1.87 bits per heavy atom. The van der Waals surface area contributed by atoms with Crippen LogP contribution in [0.4, 0.5) is 5.69 Å². The summed E-state index contributed by atoms with van der Waals surface area (Å²) in [6.07, 6.45) is 3.23. The van der Waals surface area contributed by atoms with Gasteiger partial charge in [0.05, 0.1) is 45.3 Å². The Hall–Kier alpha value is -3.85. The van der Waals surface area contributed by atoms with Gasteiger partial charge in [0.25, 0.3) is 5.91 Å². The molecule has 8 nitrogen and oxygen atoms in total. The monoisotopic (exact) mass is 415 g/mol. The number of carbonyl (C=O) groups excluding carboxylic acids is 1. The van der Waals surface area contributed by atoms with Crippen LogP contribution in [0.25, 0.3) is 27.3 Å². The van der Waals surface area contributed by atoms with E-state index in [9.17, 15) is 4.79 Å². The van der Waals surface area contributed by atoms with Gasteiger partial charge in [-0.15, -0.1) is 11.3 Å². The fourth-order valence-corrected chi connectivity index (χ4v) is 4.09. The van der Waals surface area contributed by atoms with E-state index < -0.39 is 0 Å². The summed E-state index contributed by atoms with van der Waals surface area (Å²) in [4.78, 5) is 20.5. The number of benzene rings is 1. The zero-order chi connectivity index (χ0) is 20.7. The average molecular weight is 415 g/mol. The number of hydrogen-bond donors (Lipinski definition) is 1. The number of aryl methyl sites for hydroxylation is 2. The summed E-state index contributed by atoms with van der Waals surface area (Å²) < 4.78 is 1.71. The fraction of sp³-hybridized carbons (Fsp3) is 0.0952. The van der Waals surface area contributed by atoms with Crippen molar-refractivity contribution in [3.63, 3.8) is 0 Å². The molecule has 0 radical (unpaired) electrons. The van der Waals surface area contributed by atoms with Gasteiger partial charge in [0.15, 0.2) is 5.65 Å². The summed E-state index contributed by atoms with van der Waals surface area (Å²) in [6.45, 7) is 1.89. The van der Waals surface area contributed by atoms with Crippen molar-refractivity contribution < 1.29 is 4.79 Å². The van der Waals surface area contributed by atoms with E-state index >= 15 is 0 Å². The molecule has 0 saturated carbocycles. The van der Waals surface area contributed by atoms with Gasteiger partial charge in [-0.1, -0.05) is 6.07 Å². The Kier molecular flexibility index (Phi) is 4.36. The van der Waals surface area contributed by atoms with Crippen LogP contribution in [0.3, 0.4) is 0 Å². The van der Waals surface area contributed by atoms with Gasteiger partial charge in [-0.05, 0) is 48.7 Å². The second-order valence-corrected chi connectivity index (χ2v) is 7.71. The van der Waals surface area contributed by atoms with E-state index in [-0.39, 0.29) is 5.91 Å². The number of rotatable bonds is 4. The zero-order valence-electron chi connectivity index (χ0n) is 16.3. The van der Waals surface area contributed by atoms with Crippen LogP contribution in [0.15, 0.2) is 60.2 Å². The van der Waals surface area contributed by atoms with Gasteiger partial charge in [0.2, 0.25) is 0 Å². The zero-order valence-corrected chi connectivity index (χ0v) is 17.1. The predicted octanol–water partition coefficient (Wildman–Crippen LogP) is 3.84. The van der Waals surface area contributed by atoms with Crippen LogP contribution < -0.4 is 5.32 Å². The summed E-state index contributed by atoms with van der Waals surface area (Å²) >= 11 is 1.58. The summed E-state index contributed by atoms with van der Waals surface area (Å²) in [5.41, 5.74) is 4.25. The van der Waals surface area contributed by atoms with E-state index in [1.807, 2.05) is 61.8 Å². The molecule has 1 aromatic carbocycles. The van der Waals surface area contributed by atoms with Crippen molar-refractivity contribution in [2.24, 2.45) is 7.05 Å². The van der Waals surface area contributed by atoms with Gasteiger partial charge in [-0.3, -0.25) is 9.48 Å². The molecule has 9 heteroatoms. The maximum absolute atomic E-state index is 13.2. The third-order valence-corrected chi connectivity index (χ3v) is 5.65. The van der Waals surface area contributed by atoms with E-state index in [1.54, 1.807) is 28.4 Å². The molecule has 30 heavy (non-hydrogen) atoms. The molecular formula is C21H17N7OS. The molecule has 0 unspecified atom stereocenters. The highest BCUT2D eigenvalue weighted by Gasteiger charge is 2.19. The Bertz CT molecular complexity index is 1340. The number of nitrogens with zero attached hydrogens (tertiary/aromatic N) is 6. The molecule has 5 aromatic rings. The largest absolute Gasteiger partial charge is 0.322 e. The third-order valence-electron chi connectivity index (χ3n) is 4.76. The molecular weight excluding hydrogens is 398 g/mol. The van der Waals surface area contributed by atoms with E-state index in [0.717, 1.165) is 27.3 Å². The Labute approximate surface area is 175 Å². The smallest absolute Gasteiger partial charge is 0.256 e. The fourth-order valence-electron chi connectivity index (χ4n) is 3.40. The highest BCUT2D eigenvalue weighted by Crippen LogP contribution is 2.29. The van der Waals surface area contributed by atoms with E-state index in [0.29, 0.717) is 16.9 Å². The molecule has 148 valence electrons. The summed E-state index contributed by atoms with van der Waals surface area (Å²) in [5.74, 6) is -0.207. The third kappa shape index (κ3) is 3.15. The number of nitrogens with one attached hydrogen (secondary N) is 1. The first-order valence-electron chi connectivity index (χ1n) is 9.26. The van der Waals surface area contributed by atoms with E-state index in [4.69, 9.17) is 4.98 Å². The second kappa shape index (κ2) is 7.20. The minimum absolute atomic E-state index is 0.207. The van der Waals surface area contributed by atoms with Crippen molar-refractivity contribution >= 4 is 34.0 Å². The highest BCUT2D eigenvalue weighted by atomic mass is 32.1. The summed E-state index contributed by atoms with van der Waals surface area (Å²) in [6, 6.07) is 13.1. The lowest BCUT2D eigenvalue weighted by atomic mass is 10.1. The van der Waals surface area contributed by atoms with Crippen LogP contribution in [0.2, 0.25) is 0 Å². The Morgan fingerprint density at radius 1 is 1.10 bits per heavy atom. The van der Waals surface area contributed by atoms with Gasteiger partial charge >= 0.3 is 0 Å². The van der Waals surface area contributed by atoms with E-state index in [1.165, 1.54) is 4.80 Å². The topological polar surface area (TPSA) is 90.5 Å². The molecule has 0 atom stereocenters. The molecule has 0 saturated heterocycles. The number of fused-ring (bicyclic) bond motifs is 1. The van der Waals surface area contributed by atoms with Crippen LogP contribution in [0, 0.1) is 6.92 Å². The highest BCUT2D eigenvalue weighted by molar-refractivity contribution is 7.13. The molecule has 4 heterocycles. The first-order chi connectivity index (χ1) is 14.6. The quantitative estimate of drug-likeness (QED) is 0.482. The molecule has 0 aliphatic carbocycles. The summed E-state index contributed by atoms with van der Waals surface area (Å²) in [5, 5.41) is 18.4. The Balaban J connectivity index is 1.52. The standard InChI is InChI=1S/C21H17N7OS/c1-13-19-16(12-17(18-4-3-11-30-18)25-20(19)27(2)26-13)21(29)24-14-5-7-15(8-6-14)28-22-9-10-23-28/h3-12H,1-2H3,(H,24,29). The molecule has 0 aliphatic rings. The number of pyridine rings is 1. The van der Waals surface area contributed by atoms with Crippen LogP contribution in [0.5, 0.6) is 0 Å². The van der Waals surface area contributed by atoms with E-state index in [2.05, 4.69) is 20.6 Å². The molecule has 0 fully saturated rings. The van der Waals surface area contributed by atoms with Crippen molar-refractivity contribution in [1.29, 1.82) is 0 Å². The van der Waals surface area contributed by atoms with Gasteiger partial charge < -0.3 is 5.32 Å². The lowest BCUT2D eigenvalue weighted by molar-refractivity contribution is 0.102. The number of hydrogen-bond acceptors (Lipinski definition) is 6. The van der Waals surface area contributed by atoms with Gasteiger partial charge in [-0.2, -0.15) is 20.1 Å². The van der Waals surface area contributed by atoms with Crippen molar-refractivity contribution in [2.45, 2.75) is 6.92 Å². The minimum atomic E-state index is -0.207. The van der Waals surface area contributed by atoms with Crippen LogP contribution in [-0.2, 0) is 7.05 Å². The molecule has 5 rings (SSSR count). The lowest BCUT2D eigenvalue weighted by Gasteiger charge is -2.09. The first kappa shape index (κ1) is 18.2. The lowest BCUT2D eigenvalue weighted by Crippen LogP contribution is -2.13. The predicted molar refractivity (Wildman–Crippen MR) is 116 cm³/mol. The minimum Gasteiger partial charge on any atom is -0.322 e. The van der Waals surface area contributed by atoms with Crippen LogP contribution in [-0.4, -0.2) is 35.7 Å². The van der Waals surface area contributed by atoms with Crippen molar-refractivity contribution in [2.75, 3.05) is 5.32 Å². The molecule has 1 N–H and O–H groups in total. The molecule has 0 aliphatic heterocycles. The van der Waals surface area contributed by atoms with Gasteiger partial charge in [0, 0.05) is 12.7 Å². The number of carbonyl (C=O) groups is 1. The maximum Gasteiger partial charge on any atom is 0.256 e. The first-order valence-corrected chi connectivity index (χ1v) is 10.1. The molecule has 1 amide bonds. The van der Waals surface area contributed by atoms with Crippen molar-refractivity contribution in [3.8, 4) is 16.3 Å². The number of anilines is 1. The number of aromatic nitrogens is 6. The van der Waals surface area contributed by atoms with Crippen molar-refractivity contribution in [3.05, 3.63) is 71.5 Å². The second-order valence-electron chi connectivity index (χ2n) is 6.76.